The lowest BCUT2D eigenvalue weighted by Gasteiger charge is -2.32. The quantitative estimate of drug-likeness (QED) is 0.526. The Kier molecular flexibility index (Phi) is 7.77. The van der Waals surface area contributed by atoms with Crippen molar-refractivity contribution in [3.8, 4) is 0 Å². The van der Waals surface area contributed by atoms with Gasteiger partial charge in [0.05, 0.1) is 11.6 Å². The van der Waals surface area contributed by atoms with Gasteiger partial charge in [-0.2, -0.15) is 4.98 Å². The molecule has 194 valence electrons. The molecule has 2 N–H and O–H groups in total. The lowest BCUT2D eigenvalue weighted by atomic mass is 10.0. The van der Waals surface area contributed by atoms with E-state index in [4.69, 9.17) is 4.52 Å². The summed E-state index contributed by atoms with van der Waals surface area (Å²) in [6.07, 6.45) is 5.24. The van der Waals surface area contributed by atoms with Gasteiger partial charge in [0.1, 0.15) is 5.82 Å². The van der Waals surface area contributed by atoms with Crippen molar-refractivity contribution in [3.05, 3.63) is 77.7 Å². The second-order valence-electron chi connectivity index (χ2n) is 9.86. The monoisotopic (exact) mass is 505 g/mol. The summed E-state index contributed by atoms with van der Waals surface area (Å²) in [7, 11) is 0. The minimum absolute atomic E-state index is 0.0675. The van der Waals surface area contributed by atoms with E-state index in [9.17, 15) is 14.0 Å². The number of halogens is 1. The largest absolute Gasteiger partial charge is 0.356 e. The number of para-hydroxylation sites is 1. The summed E-state index contributed by atoms with van der Waals surface area (Å²) < 4.78 is 19.9. The summed E-state index contributed by atoms with van der Waals surface area (Å²) >= 11 is 0. The minimum atomic E-state index is -0.496. The van der Waals surface area contributed by atoms with E-state index in [-0.39, 0.29) is 23.6 Å². The third-order valence-corrected chi connectivity index (χ3v) is 7.31. The van der Waals surface area contributed by atoms with Crippen LogP contribution in [0.5, 0.6) is 0 Å². The fourth-order valence-corrected chi connectivity index (χ4v) is 5.40. The standard InChI is InChI=1S/C28H32FN5O3/c29-22-12-6-7-13-23(22)31-28(36)34-15-9-2-1-8-14-30-26(35)21-17-20(18-24(21)34)27-32-25(33-37-27)16-19-10-4-3-5-11-19/h3-7,10-13,20-21,24H,1-2,8-9,14-18H2,(H,30,35)(H,31,36). The molecule has 3 aromatic rings. The lowest BCUT2D eigenvalue weighted by molar-refractivity contribution is -0.126. The molecule has 0 bridgehead atoms. The molecule has 3 atom stereocenters. The van der Waals surface area contributed by atoms with E-state index in [0.717, 1.165) is 31.2 Å². The molecule has 1 aromatic heterocycles. The van der Waals surface area contributed by atoms with Crippen molar-refractivity contribution < 1.29 is 18.5 Å². The molecule has 5 rings (SSSR count). The van der Waals surface area contributed by atoms with Gasteiger partial charge >= 0.3 is 6.03 Å². The number of hydrogen-bond acceptors (Lipinski definition) is 5. The van der Waals surface area contributed by atoms with Crippen LogP contribution < -0.4 is 10.6 Å². The summed E-state index contributed by atoms with van der Waals surface area (Å²) in [5.41, 5.74) is 1.21. The van der Waals surface area contributed by atoms with Crippen LogP contribution in [-0.2, 0) is 11.2 Å². The van der Waals surface area contributed by atoms with E-state index in [1.807, 2.05) is 30.3 Å². The van der Waals surface area contributed by atoms with E-state index in [1.54, 1.807) is 17.0 Å². The summed E-state index contributed by atoms with van der Waals surface area (Å²) in [6, 6.07) is 15.3. The average Bonchev–Trinajstić information content (AvgIpc) is 3.54. The summed E-state index contributed by atoms with van der Waals surface area (Å²) in [5, 5.41) is 9.95. The van der Waals surface area contributed by atoms with E-state index in [2.05, 4.69) is 20.8 Å². The fourth-order valence-electron chi connectivity index (χ4n) is 5.40. The minimum Gasteiger partial charge on any atom is -0.356 e. The zero-order valence-corrected chi connectivity index (χ0v) is 20.7. The predicted molar refractivity (Wildman–Crippen MR) is 136 cm³/mol. The number of amides is 3. The number of benzene rings is 2. The van der Waals surface area contributed by atoms with E-state index in [0.29, 0.717) is 44.1 Å². The van der Waals surface area contributed by atoms with Gasteiger partial charge in [0, 0.05) is 31.5 Å². The van der Waals surface area contributed by atoms with Gasteiger partial charge in [-0.25, -0.2) is 9.18 Å². The second kappa shape index (κ2) is 11.5. The number of nitrogens with zero attached hydrogens (tertiary/aromatic N) is 3. The number of carbonyl (C=O) groups is 2. The highest BCUT2D eigenvalue weighted by Gasteiger charge is 2.45. The molecule has 3 unspecified atom stereocenters. The van der Waals surface area contributed by atoms with Gasteiger partial charge in [-0.1, -0.05) is 60.5 Å². The molecule has 2 heterocycles. The van der Waals surface area contributed by atoms with Crippen molar-refractivity contribution in [2.45, 2.75) is 56.9 Å². The van der Waals surface area contributed by atoms with Crippen molar-refractivity contribution in [3.63, 3.8) is 0 Å². The maximum absolute atomic E-state index is 14.3. The SMILES string of the molecule is O=C1NCCCCCCN(C(=O)Nc2ccccc2F)C2CC(c3nc(Cc4ccccc4)no3)CC12. The first-order valence-corrected chi connectivity index (χ1v) is 13.0. The molecule has 8 nitrogen and oxygen atoms in total. The van der Waals surface area contributed by atoms with Gasteiger partial charge < -0.3 is 20.1 Å². The third-order valence-electron chi connectivity index (χ3n) is 7.31. The number of urea groups is 1. The molecule has 1 saturated heterocycles. The van der Waals surface area contributed by atoms with Crippen LogP contribution in [0.25, 0.3) is 0 Å². The summed E-state index contributed by atoms with van der Waals surface area (Å²) in [6.45, 7) is 1.11. The normalized spacial score (nSPS) is 22.6. The van der Waals surface area contributed by atoms with Gasteiger partial charge in [0.2, 0.25) is 11.8 Å². The van der Waals surface area contributed by atoms with E-state index < -0.39 is 17.8 Å². The summed E-state index contributed by atoms with van der Waals surface area (Å²) in [4.78, 5) is 33.0. The third kappa shape index (κ3) is 5.98. The van der Waals surface area contributed by atoms with Gasteiger partial charge in [-0.3, -0.25) is 4.79 Å². The van der Waals surface area contributed by atoms with Gasteiger partial charge in [0.25, 0.3) is 0 Å². The Morgan fingerprint density at radius 2 is 1.84 bits per heavy atom. The van der Waals surface area contributed by atoms with Crippen molar-refractivity contribution in [2.24, 2.45) is 5.92 Å². The van der Waals surface area contributed by atoms with Crippen LogP contribution in [0.1, 0.15) is 61.7 Å². The Hall–Kier alpha value is -3.75. The highest BCUT2D eigenvalue weighted by atomic mass is 19.1. The first-order valence-electron chi connectivity index (χ1n) is 13.0. The number of nitrogens with one attached hydrogen (secondary N) is 2. The molecular weight excluding hydrogens is 473 g/mol. The lowest BCUT2D eigenvalue weighted by Crippen LogP contribution is -2.49. The van der Waals surface area contributed by atoms with Crippen LogP contribution in [0.2, 0.25) is 0 Å². The second-order valence-corrected chi connectivity index (χ2v) is 9.86. The Morgan fingerprint density at radius 3 is 2.68 bits per heavy atom. The zero-order chi connectivity index (χ0) is 25.6. The highest BCUT2D eigenvalue weighted by molar-refractivity contribution is 5.90. The van der Waals surface area contributed by atoms with Crippen LogP contribution in [0.15, 0.2) is 59.1 Å². The number of carbonyl (C=O) groups excluding carboxylic acids is 2. The Labute approximate surface area is 215 Å². The molecule has 9 heteroatoms. The molecule has 2 aromatic carbocycles. The number of anilines is 1. The van der Waals surface area contributed by atoms with Crippen LogP contribution in [0.4, 0.5) is 14.9 Å². The molecule has 0 spiro atoms. The predicted octanol–water partition coefficient (Wildman–Crippen LogP) is 4.89. The molecular formula is C28H32FN5O3. The Morgan fingerprint density at radius 1 is 1.05 bits per heavy atom. The van der Waals surface area contributed by atoms with Crippen molar-refractivity contribution in [1.29, 1.82) is 0 Å². The molecule has 2 fully saturated rings. The van der Waals surface area contributed by atoms with E-state index in [1.165, 1.54) is 12.1 Å². The molecule has 37 heavy (non-hydrogen) atoms. The number of aromatic nitrogens is 2. The van der Waals surface area contributed by atoms with Crippen LogP contribution in [0, 0.1) is 11.7 Å². The van der Waals surface area contributed by atoms with Gasteiger partial charge in [0.15, 0.2) is 5.82 Å². The number of rotatable bonds is 4. The molecule has 3 amide bonds. The number of fused-ring (bicyclic) bond motifs is 1. The van der Waals surface area contributed by atoms with Gasteiger partial charge in [-0.15, -0.1) is 0 Å². The van der Waals surface area contributed by atoms with Crippen molar-refractivity contribution in [2.75, 3.05) is 18.4 Å². The topological polar surface area (TPSA) is 100 Å². The van der Waals surface area contributed by atoms with E-state index >= 15 is 0 Å². The zero-order valence-electron chi connectivity index (χ0n) is 20.7. The molecule has 1 aliphatic heterocycles. The Balaban J connectivity index is 1.37. The molecule has 1 aliphatic carbocycles. The smallest absolute Gasteiger partial charge is 0.322 e. The van der Waals surface area contributed by atoms with Crippen molar-refractivity contribution >= 4 is 17.6 Å². The first kappa shape index (κ1) is 24.9. The van der Waals surface area contributed by atoms with Crippen LogP contribution >= 0.6 is 0 Å². The maximum atomic E-state index is 14.3. The number of hydrogen-bond donors (Lipinski definition) is 2. The van der Waals surface area contributed by atoms with Crippen molar-refractivity contribution in [1.82, 2.24) is 20.4 Å². The molecule has 2 aliphatic rings. The van der Waals surface area contributed by atoms with Crippen LogP contribution in [-0.4, -0.2) is 46.1 Å². The first-order chi connectivity index (χ1) is 18.1. The maximum Gasteiger partial charge on any atom is 0.322 e. The Bertz CT molecular complexity index is 1220. The van der Waals surface area contributed by atoms with Crippen LogP contribution in [0.3, 0.4) is 0 Å². The average molecular weight is 506 g/mol. The van der Waals surface area contributed by atoms with Gasteiger partial charge in [-0.05, 0) is 43.4 Å². The highest BCUT2D eigenvalue weighted by Crippen LogP contribution is 2.41. The fraction of sp³-hybridized carbons (Fsp3) is 0.429. The summed E-state index contributed by atoms with van der Waals surface area (Å²) in [5.74, 6) is -0.0448. The molecule has 0 radical (unpaired) electrons. The molecule has 1 saturated carbocycles.